The minimum atomic E-state index is -2.46. The molecule has 0 bridgehead atoms. The number of nitrogens with one attached hydrogen (secondary N) is 1. The fraction of sp³-hybridized carbons (Fsp3) is 0.941. The summed E-state index contributed by atoms with van der Waals surface area (Å²) < 4.78 is 17.5. The molecule has 0 spiro atoms. The van der Waals surface area contributed by atoms with Gasteiger partial charge >= 0.3 is 8.80 Å². The van der Waals surface area contributed by atoms with E-state index in [9.17, 15) is 0 Å². The molecule has 0 aliphatic rings. The molecule has 0 amide bonds. The standard InChI is InChI=1S/C17H38N2O3Si/c1-5-9-10-11-13-18-15-16-19-14-12-17-23(20-6-2,21-7-3)22-8-4/h13,19H,5-12,14-17H2,1-4H3. The SMILES string of the molecule is CCCCCC=NCCNCCC[Si](OCC)(OCC)OCC. The molecule has 0 aliphatic heterocycles. The Labute approximate surface area is 144 Å². The molecule has 0 fully saturated rings. The minimum Gasteiger partial charge on any atom is -0.374 e. The van der Waals surface area contributed by atoms with Gasteiger partial charge in [-0.05, 0) is 52.8 Å². The Morgan fingerprint density at radius 2 is 1.52 bits per heavy atom. The summed E-state index contributed by atoms with van der Waals surface area (Å²) in [5.74, 6) is 0. The lowest BCUT2D eigenvalue weighted by molar-refractivity contribution is 0.0708. The zero-order valence-corrected chi connectivity index (χ0v) is 16.7. The van der Waals surface area contributed by atoms with E-state index >= 15 is 0 Å². The van der Waals surface area contributed by atoms with E-state index in [1.54, 1.807) is 0 Å². The van der Waals surface area contributed by atoms with E-state index in [-0.39, 0.29) is 0 Å². The molecule has 5 nitrogen and oxygen atoms in total. The first kappa shape index (κ1) is 22.7. The molecule has 0 rings (SSSR count). The van der Waals surface area contributed by atoms with Crippen molar-refractivity contribution in [3.05, 3.63) is 0 Å². The average Bonchev–Trinajstić information content (AvgIpc) is 2.53. The summed E-state index contributed by atoms with van der Waals surface area (Å²) in [7, 11) is -2.46. The van der Waals surface area contributed by atoms with Crippen molar-refractivity contribution < 1.29 is 13.3 Å². The van der Waals surface area contributed by atoms with Crippen LogP contribution in [0.2, 0.25) is 6.04 Å². The van der Waals surface area contributed by atoms with E-state index in [1.165, 1.54) is 19.3 Å². The number of hydrogen-bond donors (Lipinski definition) is 1. The Morgan fingerprint density at radius 3 is 2.09 bits per heavy atom. The number of unbranched alkanes of at least 4 members (excludes halogenated alkanes) is 3. The van der Waals surface area contributed by atoms with Gasteiger partial charge in [-0.3, -0.25) is 4.99 Å². The second-order valence-electron chi connectivity index (χ2n) is 5.42. The van der Waals surface area contributed by atoms with Crippen LogP contribution in [0.25, 0.3) is 0 Å². The lowest BCUT2D eigenvalue weighted by atomic mass is 10.2. The topological polar surface area (TPSA) is 52.1 Å². The van der Waals surface area contributed by atoms with E-state index < -0.39 is 8.80 Å². The predicted molar refractivity (Wildman–Crippen MR) is 100 cm³/mol. The van der Waals surface area contributed by atoms with Crippen LogP contribution in [0.15, 0.2) is 4.99 Å². The Morgan fingerprint density at radius 1 is 0.870 bits per heavy atom. The summed E-state index contributed by atoms with van der Waals surface area (Å²) >= 11 is 0. The highest BCUT2D eigenvalue weighted by Gasteiger charge is 2.39. The molecule has 0 radical (unpaired) electrons. The van der Waals surface area contributed by atoms with Crippen molar-refractivity contribution in [3.8, 4) is 0 Å². The molecule has 23 heavy (non-hydrogen) atoms. The number of rotatable bonds is 17. The summed E-state index contributed by atoms with van der Waals surface area (Å²) in [6.07, 6.45) is 8.01. The minimum absolute atomic E-state index is 0.645. The molecule has 6 heteroatoms. The molecule has 0 aromatic rings. The maximum atomic E-state index is 5.85. The van der Waals surface area contributed by atoms with E-state index in [2.05, 4.69) is 23.4 Å². The van der Waals surface area contributed by atoms with Gasteiger partial charge in [0.05, 0.1) is 6.54 Å². The summed E-state index contributed by atoms with van der Waals surface area (Å²) in [6.45, 7) is 12.9. The third-order valence-corrected chi connectivity index (χ3v) is 6.56. The zero-order valence-electron chi connectivity index (χ0n) is 15.7. The van der Waals surface area contributed by atoms with E-state index in [1.807, 2.05) is 20.8 Å². The molecule has 0 aliphatic carbocycles. The molecule has 1 N–H and O–H groups in total. The maximum Gasteiger partial charge on any atom is 0.500 e. The zero-order chi connectivity index (χ0) is 17.2. The largest absolute Gasteiger partial charge is 0.500 e. The van der Waals surface area contributed by atoms with E-state index in [0.717, 1.165) is 38.5 Å². The number of aliphatic imine (C=N–C) groups is 1. The Balaban J connectivity index is 3.76. The molecular formula is C17H38N2O3Si. The molecular weight excluding hydrogens is 308 g/mol. The van der Waals surface area contributed by atoms with E-state index in [0.29, 0.717) is 19.8 Å². The lowest BCUT2D eigenvalue weighted by Gasteiger charge is -2.28. The second-order valence-corrected chi connectivity index (χ2v) is 8.15. The first-order valence-electron chi connectivity index (χ1n) is 9.35. The van der Waals surface area contributed by atoms with Crippen LogP contribution in [0, 0.1) is 0 Å². The lowest BCUT2D eigenvalue weighted by Crippen LogP contribution is -2.46. The summed E-state index contributed by atoms with van der Waals surface area (Å²) in [5, 5.41) is 3.43. The molecule has 0 atom stereocenters. The smallest absolute Gasteiger partial charge is 0.374 e. The van der Waals surface area contributed by atoms with Gasteiger partial charge in [-0.1, -0.05) is 19.8 Å². The molecule has 138 valence electrons. The normalized spacial score (nSPS) is 12.3. The van der Waals surface area contributed by atoms with Crippen LogP contribution in [0.1, 0.15) is 59.8 Å². The molecule has 0 aromatic carbocycles. The van der Waals surface area contributed by atoms with E-state index in [4.69, 9.17) is 13.3 Å². The number of hydrogen-bond acceptors (Lipinski definition) is 5. The second kappa shape index (κ2) is 16.6. The highest BCUT2D eigenvalue weighted by Crippen LogP contribution is 2.17. The van der Waals surface area contributed by atoms with Gasteiger partial charge < -0.3 is 18.6 Å². The van der Waals surface area contributed by atoms with Crippen LogP contribution < -0.4 is 5.32 Å². The Hall–Kier alpha value is -0.273. The van der Waals surface area contributed by atoms with Crippen LogP contribution in [0.4, 0.5) is 0 Å². The van der Waals surface area contributed by atoms with Crippen LogP contribution in [-0.2, 0) is 13.3 Å². The van der Waals surface area contributed by atoms with Crippen molar-refractivity contribution in [3.63, 3.8) is 0 Å². The van der Waals surface area contributed by atoms with Crippen molar-refractivity contribution in [2.75, 3.05) is 39.5 Å². The van der Waals surface area contributed by atoms with Crippen molar-refractivity contribution in [2.24, 2.45) is 4.99 Å². The summed E-state index contributed by atoms with van der Waals surface area (Å²) in [4.78, 5) is 4.42. The highest BCUT2D eigenvalue weighted by molar-refractivity contribution is 6.60. The van der Waals surface area contributed by atoms with Crippen molar-refractivity contribution in [2.45, 2.75) is 65.8 Å². The fourth-order valence-electron chi connectivity index (χ4n) is 2.37. The van der Waals surface area contributed by atoms with Gasteiger partial charge in [0.15, 0.2) is 0 Å². The third kappa shape index (κ3) is 12.8. The van der Waals surface area contributed by atoms with Crippen molar-refractivity contribution in [1.82, 2.24) is 5.32 Å². The molecule has 0 saturated heterocycles. The van der Waals surface area contributed by atoms with Crippen LogP contribution in [0.3, 0.4) is 0 Å². The Kier molecular flexibility index (Phi) is 16.4. The summed E-state index contributed by atoms with van der Waals surface area (Å²) in [6, 6.07) is 0.871. The highest BCUT2D eigenvalue weighted by atomic mass is 28.4. The predicted octanol–water partition coefficient (Wildman–Crippen LogP) is 3.67. The average molecular weight is 347 g/mol. The van der Waals surface area contributed by atoms with Crippen LogP contribution in [0.5, 0.6) is 0 Å². The van der Waals surface area contributed by atoms with Crippen molar-refractivity contribution >= 4 is 15.0 Å². The third-order valence-electron chi connectivity index (χ3n) is 3.41. The monoisotopic (exact) mass is 346 g/mol. The summed E-state index contributed by atoms with van der Waals surface area (Å²) in [5.41, 5.74) is 0. The van der Waals surface area contributed by atoms with Gasteiger partial charge in [-0.2, -0.15) is 0 Å². The fourth-order valence-corrected chi connectivity index (χ4v) is 4.98. The van der Waals surface area contributed by atoms with Crippen molar-refractivity contribution in [1.29, 1.82) is 0 Å². The first-order chi connectivity index (χ1) is 11.2. The van der Waals surface area contributed by atoms with Gasteiger partial charge in [0.2, 0.25) is 0 Å². The first-order valence-corrected chi connectivity index (χ1v) is 11.3. The van der Waals surface area contributed by atoms with Gasteiger partial charge in [0.25, 0.3) is 0 Å². The molecule has 0 unspecified atom stereocenters. The van der Waals surface area contributed by atoms with Gasteiger partial charge in [0, 0.05) is 32.4 Å². The molecule has 0 saturated carbocycles. The molecule has 0 heterocycles. The molecule has 0 aromatic heterocycles. The van der Waals surface area contributed by atoms with Crippen LogP contribution >= 0.6 is 0 Å². The van der Waals surface area contributed by atoms with Gasteiger partial charge in [0.1, 0.15) is 0 Å². The number of nitrogens with zero attached hydrogens (tertiary/aromatic N) is 1. The Bertz CT molecular complexity index is 262. The maximum absolute atomic E-state index is 5.85. The quantitative estimate of drug-likeness (QED) is 0.248. The van der Waals surface area contributed by atoms with Gasteiger partial charge in [-0.15, -0.1) is 0 Å². The van der Waals surface area contributed by atoms with Gasteiger partial charge in [-0.25, -0.2) is 0 Å². The van der Waals surface area contributed by atoms with Crippen LogP contribution in [-0.4, -0.2) is 54.5 Å².